The van der Waals surface area contributed by atoms with Gasteiger partial charge in [-0.05, 0) is 19.9 Å². The fourth-order valence-electron chi connectivity index (χ4n) is 1.45. The average molecular weight is 221 g/mol. The molecule has 1 fully saturated rings. The maximum absolute atomic E-state index is 11.1. The van der Waals surface area contributed by atoms with Gasteiger partial charge in [-0.1, -0.05) is 0 Å². The van der Waals surface area contributed by atoms with Gasteiger partial charge in [0.05, 0.1) is 0 Å². The second kappa shape index (κ2) is 6.09. The predicted molar refractivity (Wildman–Crippen MR) is 55.7 cm³/mol. The lowest BCUT2D eigenvalue weighted by molar-refractivity contribution is 0.0575. The van der Waals surface area contributed by atoms with Gasteiger partial charge in [-0.2, -0.15) is 0 Å². The van der Waals surface area contributed by atoms with Gasteiger partial charge >= 0.3 is 6.09 Å². The van der Waals surface area contributed by atoms with Crippen LogP contribution in [0.25, 0.3) is 0 Å². The van der Waals surface area contributed by atoms with Crippen molar-refractivity contribution in [3.63, 3.8) is 0 Å². The van der Waals surface area contributed by atoms with Crippen LogP contribution >= 0.6 is 11.6 Å². The van der Waals surface area contributed by atoms with E-state index in [4.69, 9.17) is 16.3 Å². The molecule has 0 radical (unpaired) electrons. The van der Waals surface area contributed by atoms with Crippen molar-refractivity contribution < 1.29 is 9.53 Å². The molecule has 0 bridgehead atoms. The Hall–Kier alpha value is -0.480. The molecule has 0 aromatic heterocycles. The first-order chi connectivity index (χ1) is 6.72. The Morgan fingerprint density at radius 2 is 2.21 bits per heavy atom. The first-order valence-electron chi connectivity index (χ1n) is 4.91. The van der Waals surface area contributed by atoms with Gasteiger partial charge in [-0.3, -0.25) is 0 Å². The second-order valence-corrected chi connectivity index (χ2v) is 3.90. The van der Waals surface area contributed by atoms with E-state index in [0.717, 1.165) is 25.9 Å². The normalized spacial score (nSPS) is 19.3. The zero-order chi connectivity index (χ0) is 10.4. The van der Waals surface area contributed by atoms with Crippen LogP contribution in [0.2, 0.25) is 0 Å². The highest BCUT2D eigenvalue weighted by atomic mass is 35.5. The molecule has 5 heteroatoms. The molecule has 1 amide bonds. The van der Waals surface area contributed by atoms with E-state index in [-0.39, 0.29) is 12.2 Å². The summed E-state index contributed by atoms with van der Waals surface area (Å²) < 4.78 is 5.21. The van der Waals surface area contributed by atoms with Crippen LogP contribution in [0.1, 0.15) is 12.8 Å². The first-order valence-corrected chi connectivity index (χ1v) is 5.45. The van der Waals surface area contributed by atoms with E-state index in [1.807, 2.05) is 0 Å². The number of carbonyl (C=O) groups is 1. The molecule has 14 heavy (non-hydrogen) atoms. The molecule has 0 aromatic carbocycles. The number of alkyl carbamates (subject to hydrolysis) is 1. The molecule has 0 atom stereocenters. The van der Waals surface area contributed by atoms with E-state index < -0.39 is 0 Å². The quantitative estimate of drug-likeness (QED) is 0.723. The van der Waals surface area contributed by atoms with Crippen molar-refractivity contribution in [2.24, 2.45) is 0 Å². The Labute approximate surface area is 89.5 Å². The number of halogens is 1. The minimum absolute atomic E-state index is 0.0709. The maximum Gasteiger partial charge on any atom is 0.407 e. The lowest BCUT2D eigenvalue weighted by Gasteiger charge is -2.28. The summed E-state index contributed by atoms with van der Waals surface area (Å²) >= 11 is 5.43. The number of hydrogen-bond donors (Lipinski definition) is 1. The zero-order valence-corrected chi connectivity index (χ0v) is 9.22. The number of ether oxygens (including phenoxy) is 1. The van der Waals surface area contributed by atoms with E-state index in [0.29, 0.717) is 12.4 Å². The van der Waals surface area contributed by atoms with Crippen molar-refractivity contribution in [2.45, 2.75) is 18.9 Å². The molecule has 1 N–H and O–H groups in total. The highest BCUT2D eigenvalue weighted by molar-refractivity contribution is 6.18. The number of rotatable bonds is 3. The molecule has 1 aliphatic heterocycles. The fourth-order valence-corrected chi connectivity index (χ4v) is 1.54. The van der Waals surface area contributed by atoms with Crippen LogP contribution in [0.4, 0.5) is 4.79 Å². The van der Waals surface area contributed by atoms with Crippen molar-refractivity contribution in [2.75, 3.05) is 32.6 Å². The Morgan fingerprint density at radius 1 is 1.57 bits per heavy atom. The van der Waals surface area contributed by atoms with Crippen molar-refractivity contribution >= 4 is 17.7 Å². The summed E-state index contributed by atoms with van der Waals surface area (Å²) in [6.07, 6.45) is 1.57. The van der Waals surface area contributed by atoms with Crippen LogP contribution in [0.3, 0.4) is 0 Å². The lowest BCUT2D eigenvalue weighted by Crippen LogP contribution is -2.38. The Kier molecular flexibility index (Phi) is 5.04. The highest BCUT2D eigenvalue weighted by Gasteiger charge is 2.19. The summed E-state index contributed by atoms with van der Waals surface area (Å²) in [6.45, 7) is 2.45. The van der Waals surface area contributed by atoms with Crippen LogP contribution in [0.15, 0.2) is 0 Å². The minimum atomic E-state index is -0.347. The summed E-state index contributed by atoms with van der Waals surface area (Å²) in [5.41, 5.74) is 0. The molecule has 82 valence electrons. The third kappa shape index (κ3) is 4.15. The van der Waals surface area contributed by atoms with Gasteiger partial charge in [0.15, 0.2) is 0 Å². The first kappa shape index (κ1) is 11.6. The standard InChI is InChI=1S/C9H17ClN2O2/c1-12-6-2-8(3-7-12)14-9(13)11-5-4-10/h8H,2-7H2,1H3,(H,11,13). The van der Waals surface area contributed by atoms with E-state index >= 15 is 0 Å². The third-order valence-corrected chi connectivity index (χ3v) is 2.49. The fraction of sp³-hybridized carbons (Fsp3) is 0.889. The molecule has 1 rings (SSSR count). The predicted octanol–water partition coefficient (Wildman–Crippen LogP) is 1.05. The molecule has 0 saturated carbocycles. The Bertz CT molecular complexity index is 182. The van der Waals surface area contributed by atoms with Crippen molar-refractivity contribution in [3.05, 3.63) is 0 Å². The van der Waals surface area contributed by atoms with Crippen molar-refractivity contribution in [1.82, 2.24) is 10.2 Å². The smallest absolute Gasteiger partial charge is 0.407 e. The van der Waals surface area contributed by atoms with Gasteiger partial charge < -0.3 is 15.0 Å². The topological polar surface area (TPSA) is 41.6 Å². The molecular weight excluding hydrogens is 204 g/mol. The molecule has 1 heterocycles. The summed E-state index contributed by atoms with van der Waals surface area (Å²) in [5.74, 6) is 0.419. The van der Waals surface area contributed by atoms with Gasteiger partial charge in [-0.15, -0.1) is 11.6 Å². The number of carbonyl (C=O) groups excluding carboxylic acids is 1. The zero-order valence-electron chi connectivity index (χ0n) is 8.46. The Morgan fingerprint density at radius 3 is 2.79 bits per heavy atom. The van der Waals surface area contributed by atoms with Crippen LogP contribution < -0.4 is 5.32 Å². The number of alkyl halides is 1. The largest absolute Gasteiger partial charge is 0.446 e. The molecule has 1 saturated heterocycles. The van der Waals surface area contributed by atoms with Gasteiger partial charge in [-0.25, -0.2) is 4.79 Å². The number of nitrogens with one attached hydrogen (secondary N) is 1. The number of amides is 1. The van der Waals surface area contributed by atoms with Crippen LogP contribution in [0.5, 0.6) is 0 Å². The van der Waals surface area contributed by atoms with Crippen molar-refractivity contribution in [3.8, 4) is 0 Å². The van der Waals surface area contributed by atoms with E-state index in [2.05, 4.69) is 17.3 Å². The van der Waals surface area contributed by atoms with E-state index in [1.54, 1.807) is 0 Å². The second-order valence-electron chi connectivity index (χ2n) is 3.52. The van der Waals surface area contributed by atoms with Crippen LogP contribution in [-0.2, 0) is 4.74 Å². The van der Waals surface area contributed by atoms with E-state index in [9.17, 15) is 4.79 Å². The van der Waals surface area contributed by atoms with Crippen molar-refractivity contribution in [1.29, 1.82) is 0 Å². The number of likely N-dealkylation sites (tertiary alicyclic amines) is 1. The summed E-state index contributed by atoms with van der Waals surface area (Å²) in [7, 11) is 2.07. The maximum atomic E-state index is 11.1. The summed E-state index contributed by atoms with van der Waals surface area (Å²) in [6, 6.07) is 0. The van der Waals surface area contributed by atoms with Gasteiger partial charge in [0.25, 0.3) is 0 Å². The molecule has 0 aromatic rings. The molecule has 4 nitrogen and oxygen atoms in total. The number of hydrogen-bond acceptors (Lipinski definition) is 3. The van der Waals surface area contributed by atoms with Gasteiger partial charge in [0.2, 0.25) is 0 Å². The molecule has 0 spiro atoms. The van der Waals surface area contributed by atoms with E-state index in [1.165, 1.54) is 0 Å². The third-order valence-electron chi connectivity index (χ3n) is 2.30. The van der Waals surface area contributed by atoms with Gasteiger partial charge in [0, 0.05) is 25.5 Å². The summed E-state index contributed by atoms with van der Waals surface area (Å²) in [4.78, 5) is 13.4. The molecule has 0 aliphatic carbocycles. The number of nitrogens with zero attached hydrogens (tertiary/aromatic N) is 1. The lowest BCUT2D eigenvalue weighted by atomic mass is 10.1. The monoisotopic (exact) mass is 220 g/mol. The summed E-state index contributed by atoms with van der Waals surface area (Å²) in [5, 5.41) is 2.58. The number of piperidine rings is 1. The average Bonchev–Trinajstić information content (AvgIpc) is 2.18. The Balaban J connectivity index is 2.14. The van der Waals surface area contributed by atoms with Gasteiger partial charge in [0.1, 0.15) is 6.10 Å². The SMILES string of the molecule is CN1CCC(OC(=O)NCCCl)CC1. The molecule has 1 aliphatic rings. The van der Waals surface area contributed by atoms with Crippen LogP contribution in [0, 0.1) is 0 Å². The van der Waals surface area contributed by atoms with Crippen LogP contribution in [-0.4, -0.2) is 49.7 Å². The highest BCUT2D eigenvalue weighted by Crippen LogP contribution is 2.11. The molecular formula is C9H17ClN2O2. The molecule has 0 unspecified atom stereocenters. The minimum Gasteiger partial charge on any atom is -0.446 e.